The lowest BCUT2D eigenvalue weighted by atomic mass is 10.2. The number of carbonyl (C=O) groups is 2. The Hall–Kier alpha value is -3.89. The third-order valence-corrected chi connectivity index (χ3v) is 4.99. The molecule has 2 heterocycles. The van der Waals surface area contributed by atoms with Crippen LogP contribution in [0, 0.1) is 11.6 Å². The van der Waals surface area contributed by atoms with Crippen LogP contribution in [-0.4, -0.2) is 55.0 Å². The van der Waals surface area contributed by atoms with E-state index in [9.17, 15) is 23.2 Å². The molecule has 11 heteroatoms. The zero-order valence-electron chi connectivity index (χ0n) is 16.4. The van der Waals surface area contributed by atoms with Gasteiger partial charge in [0.25, 0.3) is 0 Å². The van der Waals surface area contributed by atoms with Crippen molar-refractivity contribution in [2.45, 2.75) is 0 Å². The number of carbonyl (C=O) groups excluding carboxylic acids is 2. The lowest BCUT2D eigenvalue weighted by molar-refractivity contribution is -0.143. The van der Waals surface area contributed by atoms with Crippen LogP contribution >= 0.6 is 0 Å². The first-order valence-corrected chi connectivity index (χ1v) is 9.37. The lowest BCUT2D eigenvalue weighted by Crippen LogP contribution is -2.51. The van der Waals surface area contributed by atoms with Gasteiger partial charge in [-0.1, -0.05) is 0 Å². The maximum Gasteiger partial charge on any atom is 0.417 e. The van der Waals surface area contributed by atoms with E-state index >= 15 is 0 Å². The first-order valence-electron chi connectivity index (χ1n) is 9.37. The predicted octanol–water partition coefficient (Wildman–Crippen LogP) is 1.70. The summed E-state index contributed by atoms with van der Waals surface area (Å²) in [6.45, 7) is 0.996. The monoisotopic (exact) mass is 432 g/mol. The molecule has 2 aromatic carbocycles. The topological polar surface area (TPSA) is 108 Å². The van der Waals surface area contributed by atoms with Crippen LogP contribution in [0.3, 0.4) is 0 Å². The van der Waals surface area contributed by atoms with Crippen LogP contribution in [0.15, 0.2) is 39.5 Å². The van der Waals surface area contributed by atoms with Crippen LogP contribution in [0.5, 0.6) is 5.75 Å². The van der Waals surface area contributed by atoms with Crippen molar-refractivity contribution in [2.75, 3.05) is 43.5 Å². The molecule has 0 atom stereocenters. The van der Waals surface area contributed by atoms with Gasteiger partial charge >= 0.3 is 17.6 Å². The molecule has 0 bridgehead atoms. The third kappa shape index (κ3) is 4.06. The minimum atomic E-state index is -0.841. The number of benzene rings is 2. The molecule has 0 aliphatic carbocycles. The number of oxazole rings is 1. The minimum absolute atomic E-state index is 0.202. The quantitative estimate of drug-likeness (QED) is 0.610. The Labute approximate surface area is 174 Å². The number of anilines is 2. The van der Waals surface area contributed by atoms with Gasteiger partial charge in [-0.2, -0.15) is 0 Å². The maximum absolute atomic E-state index is 13.9. The molecule has 4 rings (SSSR count). The van der Waals surface area contributed by atoms with Crippen molar-refractivity contribution >= 4 is 34.3 Å². The van der Waals surface area contributed by atoms with E-state index < -0.39 is 35.0 Å². The number of hydrogen-bond donors (Lipinski definition) is 2. The van der Waals surface area contributed by atoms with Crippen LogP contribution in [-0.2, 0) is 9.59 Å². The Bertz CT molecular complexity index is 1190. The molecule has 0 spiro atoms. The van der Waals surface area contributed by atoms with Gasteiger partial charge in [0.15, 0.2) is 23.0 Å². The summed E-state index contributed by atoms with van der Waals surface area (Å²) in [6, 6.07) is 6.85. The second-order valence-electron chi connectivity index (χ2n) is 6.90. The number of ether oxygens (including phenoxy) is 1. The summed E-state index contributed by atoms with van der Waals surface area (Å²) in [5.74, 6) is -4.28. The Morgan fingerprint density at radius 2 is 1.77 bits per heavy atom. The van der Waals surface area contributed by atoms with Gasteiger partial charge in [0.05, 0.1) is 12.6 Å². The van der Waals surface area contributed by atoms with Crippen molar-refractivity contribution in [1.29, 1.82) is 0 Å². The first-order chi connectivity index (χ1) is 14.9. The number of methoxy groups -OCH3 is 1. The third-order valence-electron chi connectivity index (χ3n) is 4.99. The Balaban J connectivity index is 1.38. The number of rotatable bonds is 3. The standard InChI is InChI=1S/C20H18F2N4O5/c1-30-17-13(21)9-12(10-14(17)22)25-4-6-26(7-5-25)19(28)18(27)23-11-2-3-15-16(8-11)31-20(29)24-15/h2-3,8-10H,4-7H2,1H3,(H,23,27)(H,24,29). The average molecular weight is 432 g/mol. The molecule has 0 radical (unpaired) electrons. The van der Waals surface area contributed by atoms with Crippen molar-refractivity contribution in [2.24, 2.45) is 0 Å². The molecular weight excluding hydrogens is 414 g/mol. The van der Waals surface area contributed by atoms with E-state index in [4.69, 9.17) is 4.42 Å². The molecule has 9 nitrogen and oxygen atoms in total. The number of hydrogen-bond acceptors (Lipinski definition) is 6. The molecule has 1 saturated heterocycles. The van der Waals surface area contributed by atoms with Crippen LogP contribution in [0.1, 0.15) is 0 Å². The van der Waals surface area contributed by atoms with Gasteiger partial charge in [-0.05, 0) is 12.1 Å². The highest BCUT2D eigenvalue weighted by Gasteiger charge is 2.27. The van der Waals surface area contributed by atoms with Crippen molar-refractivity contribution in [3.05, 3.63) is 52.5 Å². The fourth-order valence-electron chi connectivity index (χ4n) is 3.44. The molecule has 1 aliphatic rings. The van der Waals surface area contributed by atoms with Crippen LogP contribution < -0.4 is 20.7 Å². The van der Waals surface area contributed by atoms with Gasteiger partial charge in [0.2, 0.25) is 0 Å². The summed E-state index contributed by atoms with van der Waals surface area (Å²) in [4.78, 5) is 41.6. The Morgan fingerprint density at radius 3 is 2.42 bits per heavy atom. The van der Waals surface area contributed by atoms with Crippen molar-refractivity contribution in [1.82, 2.24) is 9.88 Å². The van der Waals surface area contributed by atoms with E-state index in [0.717, 1.165) is 0 Å². The van der Waals surface area contributed by atoms with E-state index in [1.807, 2.05) is 0 Å². The zero-order chi connectivity index (χ0) is 22.1. The SMILES string of the molecule is COc1c(F)cc(N2CCN(C(=O)C(=O)Nc3ccc4[nH]c(=O)oc4c3)CC2)cc1F. The molecule has 3 aromatic rings. The number of amides is 2. The van der Waals surface area contributed by atoms with Crippen LogP contribution in [0.25, 0.3) is 11.1 Å². The van der Waals surface area contributed by atoms with Gasteiger partial charge < -0.3 is 24.3 Å². The Kier molecular flexibility index (Phi) is 5.32. The summed E-state index contributed by atoms with van der Waals surface area (Å²) in [5, 5.41) is 2.48. The van der Waals surface area contributed by atoms with Gasteiger partial charge in [-0.15, -0.1) is 0 Å². The number of aromatic nitrogens is 1. The molecule has 2 N–H and O–H groups in total. The average Bonchev–Trinajstić information content (AvgIpc) is 3.12. The summed E-state index contributed by atoms with van der Waals surface area (Å²) in [6.07, 6.45) is 0. The van der Waals surface area contributed by atoms with Gasteiger partial charge in [0, 0.05) is 55.8 Å². The summed E-state index contributed by atoms with van der Waals surface area (Å²) in [5.41, 5.74) is 1.35. The second kappa shape index (κ2) is 8.09. The molecule has 31 heavy (non-hydrogen) atoms. The molecule has 2 amide bonds. The number of H-pyrrole nitrogens is 1. The highest BCUT2D eigenvalue weighted by atomic mass is 19.1. The van der Waals surface area contributed by atoms with Gasteiger partial charge in [-0.3, -0.25) is 14.6 Å². The molecule has 1 aromatic heterocycles. The predicted molar refractivity (Wildman–Crippen MR) is 107 cm³/mol. The molecular formula is C20H18F2N4O5. The van der Waals surface area contributed by atoms with E-state index in [2.05, 4.69) is 15.0 Å². The van der Waals surface area contributed by atoms with Crippen LogP contribution in [0.2, 0.25) is 0 Å². The zero-order valence-corrected chi connectivity index (χ0v) is 16.4. The maximum atomic E-state index is 13.9. The van der Waals surface area contributed by atoms with Crippen molar-refractivity contribution in [3.8, 4) is 5.75 Å². The van der Waals surface area contributed by atoms with Gasteiger partial charge in [-0.25, -0.2) is 13.6 Å². The van der Waals surface area contributed by atoms with E-state index in [0.29, 0.717) is 30.0 Å². The molecule has 1 aliphatic heterocycles. The Morgan fingerprint density at radius 1 is 1.10 bits per heavy atom. The summed E-state index contributed by atoms with van der Waals surface area (Å²) in [7, 11) is 1.18. The lowest BCUT2D eigenvalue weighted by Gasteiger charge is -2.35. The number of fused-ring (bicyclic) bond motifs is 1. The van der Waals surface area contributed by atoms with E-state index in [1.165, 1.54) is 36.3 Å². The highest BCUT2D eigenvalue weighted by molar-refractivity contribution is 6.39. The van der Waals surface area contributed by atoms with Gasteiger partial charge in [0.1, 0.15) is 0 Å². The number of nitrogens with zero attached hydrogens (tertiary/aromatic N) is 2. The largest absolute Gasteiger partial charge is 0.491 e. The molecule has 1 fully saturated rings. The summed E-state index contributed by atoms with van der Waals surface area (Å²) < 4.78 is 37.5. The fraction of sp³-hybridized carbons (Fsp3) is 0.250. The van der Waals surface area contributed by atoms with Crippen molar-refractivity contribution < 1.29 is 27.5 Å². The normalized spacial score (nSPS) is 14.0. The molecule has 0 unspecified atom stereocenters. The number of halogens is 2. The fourth-order valence-corrected chi connectivity index (χ4v) is 3.44. The van der Waals surface area contributed by atoms with E-state index in [-0.39, 0.29) is 18.7 Å². The summed E-state index contributed by atoms with van der Waals surface area (Å²) >= 11 is 0. The second-order valence-corrected chi connectivity index (χ2v) is 6.90. The number of piperazine rings is 1. The molecule has 0 saturated carbocycles. The van der Waals surface area contributed by atoms with Crippen molar-refractivity contribution in [3.63, 3.8) is 0 Å². The minimum Gasteiger partial charge on any atom is -0.491 e. The smallest absolute Gasteiger partial charge is 0.417 e. The molecule has 162 valence electrons. The number of aromatic amines is 1. The number of nitrogens with one attached hydrogen (secondary N) is 2. The van der Waals surface area contributed by atoms with Crippen LogP contribution in [0.4, 0.5) is 20.2 Å². The van der Waals surface area contributed by atoms with E-state index in [1.54, 1.807) is 11.0 Å². The first kappa shape index (κ1) is 20.4. The highest BCUT2D eigenvalue weighted by Crippen LogP contribution is 2.28.